The van der Waals surface area contributed by atoms with E-state index in [0.717, 1.165) is 0 Å². The Labute approximate surface area is 111 Å². The van der Waals surface area contributed by atoms with Gasteiger partial charge in [-0.25, -0.2) is 4.98 Å². The monoisotopic (exact) mass is 255 g/mol. The number of anilines is 1. The van der Waals surface area contributed by atoms with E-state index >= 15 is 0 Å². The minimum Gasteiger partial charge on any atom is -0.490 e. The van der Waals surface area contributed by atoms with Crippen molar-refractivity contribution < 1.29 is 9.47 Å². The molecule has 19 heavy (non-hydrogen) atoms. The molecule has 5 nitrogen and oxygen atoms in total. The van der Waals surface area contributed by atoms with E-state index in [1.165, 1.54) is 0 Å². The van der Waals surface area contributed by atoms with Gasteiger partial charge >= 0.3 is 0 Å². The Hall–Kier alpha value is -2.74. The topological polar surface area (TPSA) is 81.2 Å². The summed E-state index contributed by atoms with van der Waals surface area (Å²) in [4.78, 5) is 4.02. The molecule has 0 aliphatic rings. The van der Waals surface area contributed by atoms with Gasteiger partial charge in [0, 0.05) is 6.07 Å². The molecule has 0 fully saturated rings. The normalized spacial score (nSPS) is 9.68. The number of nitrogens with two attached hydrogens (primary N) is 1. The van der Waals surface area contributed by atoms with Crippen molar-refractivity contribution >= 4 is 5.69 Å². The fraction of sp³-hybridized carbons (Fsp3) is 0.143. The molecule has 1 aromatic heterocycles. The highest BCUT2D eigenvalue weighted by molar-refractivity contribution is 5.51. The number of nitrogen functional groups attached to an aromatic ring is 1. The molecule has 0 saturated carbocycles. The van der Waals surface area contributed by atoms with Gasteiger partial charge in [-0.15, -0.1) is 0 Å². The zero-order valence-corrected chi connectivity index (χ0v) is 10.5. The Morgan fingerprint density at radius 1 is 1.21 bits per heavy atom. The summed E-state index contributed by atoms with van der Waals surface area (Å²) < 4.78 is 11.1. The van der Waals surface area contributed by atoms with Crippen LogP contribution in [0, 0.1) is 11.3 Å². The maximum atomic E-state index is 8.88. The first-order valence-corrected chi connectivity index (χ1v) is 5.81. The fourth-order valence-corrected chi connectivity index (χ4v) is 1.52. The van der Waals surface area contributed by atoms with E-state index in [1.807, 2.05) is 25.1 Å². The van der Waals surface area contributed by atoms with Crippen molar-refractivity contribution in [2.24, 2.45) is 0 Å². The summed E-state index contributed by atoms with van der Waals surface area (Å²) in [5.74, 6) is 1.48. The lowest BCUT2D eigenvalue weighted by Gasteiger charge is -2.10. The molecule has 0 atom stereocenters. The van der Waals surface area contributed by atoms with Gasteiger partial charge in [-0.05, 0) is 25.1 Å². The van der Waals surface area contributed by atoms with Crippen LogP contribution in [-0.2, 0) is 0 Å². The van der Waals surface area contributed by atoms with Crippen molar-refractivity contribution in [2.75, 3.05) is 12.3 Å². The predicted octanol–water partition coefficient (Wildman–Crippen LogP) is 2.73. The van der Waals surface area contributed by atoms with Gasteiger partial charge in [-0.1, -0.05) is 12.1 Å². The van der Waals surface area contributed by atoms with Gasteiger partial charge in [-0.2, -0.15) is 5.26 Å². The molecular formula is C14H13N3O2. The first-order valence-electron chi connectivity index (χ1n) is 5.81. The van der Waals surface area contributed by atoms with Crippen molar-refractivity contribution in [3.63, 3.8) is 0 Å². The number of benzene rings is 1. The highest BCUT2D eigenvalue weighted by Gasteiger charge is 2.08. The second-order valence-corrected chi connectivity index (χ2v) is 3.68. The SMILES string of the molecule is CCOc1ccccc1Oc1ccc(N)c(C#N)n1. The molecule has 0 unspecified atom stereocenters. The number of nitriles is 1. The van der Waals surface area contributed by atoms with Crippen molar-refractivity contribution in [3.05, 3.63) is 42.1 Å². The van der Waals surface area contributed by atoms with E-state index in [4.69, 9.17) is 20.5 Å². The van der Waals surface area contributed by atoms with E-state index in [2.05, 4.69) is 4.98 Å². The fourth-order valence-electron chi connectivity index (χ4n) is 1.52. The first-order chi connectivity index (χ1) is 9.24. The summed E-state index contributed by atoms with van der Waals surface area (Å²) in [5.41, 5.74) is 6.08. The van der Waals surface area contributed by atoms with Crippen LogP contribution in [0.15, 0.2) is 36.4 Å². The maximum Gasteiger partial charge on any atom is 0.220 e. The average molecular weight is 255 g/mol. The van der Waals surface area contributed by atoms with Gasteiger partial charge in [-0.3, -0.25) is 0 Å². The van der Waals surface area contributed by atoms with E-state index in [-0.39, 0.29) is 5.69 Å². The van der Waals surface area contributed by atoms with E-state index < -0.39 is 0 Å². The third-order valence-electron chi connectivity index (χ3n) is 2.37. The smallest absolute Gasteiger partial charge is 0.220 e. The molecule has 0 bridgehead atoms. The van der Waals surface area contributed by atoms with Crippen LogP contribution in [0.5, 0.6) is 17.4 Å². The number of aromatic nitrogens is 1. The molecule has 2 rings (SSSR count). The Morgan fingerprint density at radius 2 is 1.95 bits per heavy atom. The van der Waals surface area contributed by atoms with Crippen LogP contribution in [0.1, 0.15) is 12.6 Å². The number of ether oxygens (including phenoxy) is 2. The molecule has 0 aliphatic heterocycles. The lowest BCUT2D eigenvalue weighted by molar-refractivity contribution is 0.319. The third kappa shape index (κ3) is 2.93. The van der Waals surface area contributed by atoms with Gasteiger partial charge in [0.25, 0.3) is 0 Å². The molecule has 2 N–H and O–H groups in total. The van der Waals surface area contributed by atoms with Gasteiger partial charge < -0.3 is 15.2 Å². The van der Waals surface area contributed by atoms with Crippen LogP contribution in [0.2, 0.25) is 0 Å². The van der Waals surface area contributed by atoms with Crippen LogP contribution in [0.25, 0.3) is 0 Å². The summed E-state index contributed by atoms with van der Waals surface area (Å²) in [7, 11) is 0. The zero-order chi connectivity index (χ0) is 13.7. The Morgan fingerprint density at radius 3 is 2.63 bits per heavy atom. The number of para-hydroxylation sites is 2. The molecule has 2 aromatic rings. The second kappa shape index (κ2) is 5.74. The molecule has 96 valence electrons. The Bertz CT molecular complexity index is 620. The molecule has 1 heterocycles. The number of hydrogen-bond donors (Lipinski definition) is 1. The molecule has 5 heteroatoms. The molecule has 0 saturated heterocycles. The third-order valence-corrected chi connectivity index (χ3v) is 2.37. The summed E-state index contributed by atoms with van der Waals surface area (Å²) in [6.07, 6.45) is 0. The zero-order valence-electron chi connectivity index (χ0n) is 10.5. The molecule has 1 aromatic carbocycles. The quantitative estimate of drug-likeness (QED) is 0.908. The van der Waals surface area contributed by atoms with E-state index in [9.17, 15) is 0 Å². The van der Waals surface area contributed by atoms with Crippen molar-refractivity contribution in [1.82, 2.24) is 4.98 Å². The highest BCUT2D eigenvalue weighted by atomic mass is 16.5. The summed E-state index contributed by atoms with van der Waals surface area (Å²) in [6.45, 7) is 2.44. The Balaban J connectivity index is 2.29. The molecular weight excluding hydrogens is 242 g/mol. The van der Waals surface area contributed by atoms with Crippen LogP contribution in [-0.4, -0.2) is 11.6 Å². The summed E-state index contributed by atoms with van der Waals surface area (Å²) in [5, 5.41) is 8.88. The molecule has 0 radical (unpaired) electrons. The predicted molar refractivity (Wildman–Crippen MR) is 71.0 cm³/mol. The number of rotatable bonds is 4. The molecule has 0 aliphatic carbocycles. The number of hydrogen-bond acceptors (Lipinski definition) is 5. The van der Waals surface area contributed by atoms with Crippen molar-refractivity contribution in [1.29, 1.82) is 5.26 Å². The lowest BCUT2D eigenvalue weighted by Crippen LogP contribution is -1.98. The largest absolute Gasteiger partial charge is 0.490 e. The van der Waals surface area contributed by atoms with Gasteiger partial charge in [0.15, 0.2) is 17.2 Å². The lowest BCUT2D eigenvalue weighted by atomic mass is 10.3. The van der Waals surface area contributed by atoms with Gasteiger partial charge in [0.1, 0.15) is 6.07 Å². The van der Waals surface area contributed by atoms with Gasteiger partial charge in [0.2, 0.25) is 5.88 Å². The Kier molecular flexibility index (Phi) is 3.84. The summed E-state index contributed by atoms with van der Waals surface area (Å²) >= 11 is 0. The van der Waals surface area contributed by atoms with E-state index in [1.54, 1.807) is 24.3 Å². The molecule has 0 spiro atoms. The average Bonchev–Trinajstić information content (AvgIpc) is 2.43. The van der Waals surface area contributed by atoms with Crippen LogP contribution < -0.4 is 15.2 Å². The highest BCUT2D eigenvalue weighted by Crippen LogP contribution is 2.30. The first kappa shape index (κ1) is 12.7. The number of pyridine rings is 1. The minimum absolute atomic E-state index is 0.145. The van der Waals surface area contributed by atoms with E-state index in [0.29, 0.717) is 29.7 Å². The van der Waals surface area contributed by atoms with Gasteiger partial charge in [0.05, 0.1) is 12.3 Å². The van der Waals surface area contributed by atoms with Crippen molar-refractivity contribution in [2.45, 2.75) is 6.92 Å². The van der Waals surface area contributed by atoms with Crippen LogP contribution >= 0.6 is 0 Å². The van der Waals surface area contributed by atoms with Crippen molar-refractivity contribution in [3.8, 4) is 23.4 Å². The maximum absolute atomic E-state index is 8.88. The van der Waals surface area contributed by atoms with Crippen LogP contribution in [0.3, 0.4) is 0 Å². The number of nitrogens with zero attached hydrogens (tertiary/aromatic N) is 2. The minimum atomic E-state index is 0.145. The standard InChI is InChI=1S/C14H13N3O2/c1-2-18-12-5-3-4-6-13(12)19-14-8-7-10(16)11(9-15)17-14/h3-8H,2,16H2,1H3. The second-order valence-electron chi connectivity index (χ2n) is 3.68. The summed E-state index contributed by atoms with van der Waals surface area (Å²) in [6, 6.07) is 12.4. The van der Waals surface area contributed by atoms with Crippen LogP contribution in [0.4, 0.5) is 5.69 Å². The molecule has 0 amide bonds.